The number of nitrogens with zero attached hydrogens (tertiary/aromatic N) is 1. The zero-order valence-corrected chi connectivity index (χ0v) is 10.5. The summed E-state index contributed by atoms with van der Waals surface area (Å²) in [5.74, 6) is -0.356. The van der Waals surface area contributed by atoms with Gasteiger partial charge in [-0.1, -0.05) is 19.9 Å². The number of H-pyrrole nitrogens is 1. The van der Waals surface area contributed by atoms with E-state index in [9.17, 15) is 4.79 Å². The summed E-state index contributed by atoms with van der Waals surface area (Å²) in [5.41, 5.74) is 2.81. The molecule has 0 aliphatic carbocycles. The fourth-order valence-corrected chi connectivity index (χ4v) is 1.83. The number of carbonyl (C=O) groups excluding carboxylic acids is 1. The molecule has 0 bridgehead atoms. The zero-order chi connectivity index (χ0) is 13.2. The molecule has 1 heterocycles. The Balaban J connectivity index is 2.19. The number of nitrogens with one attached hydrogen (secondary N) is 2. The number of aromatic nitrogens is 2. The number of aromatic amines is 1. The number of fused-ring (bicyclic) bond motifs is 1. The highest BCUT2D eigenvalue weighted by atomic mass is 16.3. The van der Waals surface area contributed by atoms with Gasteiger partial charge in [-0.15, -0.1) is 0 Å². The molecule has 2 aromatic rings. The number of amides is 1. The van der Waals surface area contributed by atoms with Gasteiger partial charge in [0.25, 0.3) is 0 Å². The number of hydrogen-bond donors (Lipinski definition) is 3. The monoisotopic (exact) mass is 247 g/mol. The van der Waals surface area contributed by atoms with Crippen LogP contribution >= 0.6 is 0 Å². The van der Waals surface area contributed by atoms with Gasteiger partial charge in [0.2, 0.25) is 5.91 Å². The molecule has 0 aliphatic rings. The SMILES string of the molecule is CC(C)(CNC(=O)CO)c1ccc2nc[nH]c2c1. The number of aliphatic hydroxyl groups excluding tert-OH is 1. The number of benzene rings is 1. The van der Waals surface area contributed by atoms with Crippen LogP contribution < -0.4 is 5.32 Å². The van der Waals surface area contributed by atoms with Crippen LogP contribution in [0.4, 0.5) is 0 Å². The summed E-state index contributed by atoms with van der Waals surface area (Å²) in [6, 6.07) is 6.00. The van der Waals surface area contributed by atoms with E-state index in [0.717, 1.165) is 16.6 Å². The Bertz CT molecular complexity index is 560. The molecule has 0 saturated carbocycles. The van der Waals surface area contributed by atoms with Crippen LogP contribution in [0.2, 0.25) is 0 Å². The Kier molecular flexibility index (Phi) is 3.34. The molecule has 96 valence electrons. The smallest absolute Gasteiger partial charge is 0.245 e. The molecule has 5 heteroatoms. The van der Waals surface area contributed by atoms with Crippen LogP contribution in [0, 0.1) is 0 Å². The minimum Gasteiger partial charge on any atom is -0.387 e. The first kappa shape index (κ1) is 12.6. The molecule has 18 heavy (non-hydrogen) atoms. The minimum absolute atomic E-state index is 0.204. The van der Waals surface area contributed by atoms with Crippen molar-refractivity contribution in [3.8, 4) is 0 Å². The Labute approximate surface area is 105 Å². The van der Waals surface area contributed by atoms with Crippen molar-refractivity contribution in [2.24, 2.45) is 0 Å². The van der Waals surface area contributed by atoms with Crippen molar-refractivity contribution in [1.82, 2.24) is 15.3 Å². The van der Waals surface area contributed by atoms with Gasteiger partial charge in [0.05, 0.1) is 17.4 Å². The van der Waals surface area contributed by atoms with Gasteiger partial charge in [-0.3, -0.25) is 4.79 Å². The highest BCUT2D eigenvalue weighted by Gasteiger charge is 2.21. The van der Waals surface area contributed by atoms with Gasteiger partial charge < -0.3 is 15.4 Å². The highest BCUT2D eigenvalue weighted by molar-refractivity contribution is 5.77. The topological polar surface area (TPSA) is 78.0 Å². The number of rotatable bonds is 4. The van der Waals surface area contributed by atoms with E-state index in [4.69, 9.17) is 5.11 Å². The Hall–Kier alpha value is -1.88. The maximum atomic E-state index is 11.1. The molecule has 0 spiro atoms. The molecule has 1 aromatic heterocycles. The normalized spacial score (nSPS) is 11.7. The lowest BCUT2D eigenvalue weighted by Crippen LogP contribution is -2.37. The highest BCUT2D eigenvalue weighted by Crippen LogP contribution is 2.24. The molecule has 0 aliphatic heterocycles. The quantitative estimate of drug-likeness (QED) is 0.752. The third-order valence-corrected chi connectivity index (χ3v) is 3.07. The Morgan fingerprint density at radius 1 is 1.50 bits per heavy atom. The molecule has 1 aromatic carbocycles. The van der Waals surface area contributed by atoms with Crippen molar-refractivity contribution < 1.29 is 9.90 Å². The van der Waals surface area contributed by atoms with E-state index in [0.29, 0.717) is 6.54 Å². The van der Waals surface area contributed by atoms with E-state index >= 15 is 0 Å². The van der Waals surface area contributed by atoms with Gasteiger partial charge in [-0.2, -0.15) is 0 Å². The summed E-state index contributed by atoms with van der Waals surface area (Å²) < 4.78 is 0. The van der Waals surface area contributed by atoms with Crippen molar-refractivity contribution in [1.29, 1.82) is 0 Å². The first-order valence-corrected chi connectivity index (χ1v) is 5.84. The summed E-state index contributed by atoms with van der Waals surface area (Å²) in [4.78, 5) is 18.3. The van der Waals surface area contributed by atoms with E-state index in [1.807, 2.05) is 32.0 Å². The third-order valence-electron chi connectivity index (χ3n) is 3.07. The number of aliphatic hydroxyl groups is 1. The van der Waals surface area contributed by atoms with Gasteiger partial charge in [-0.05, 0) is 17.7 Å². The molecule has 0 atom stereocenters. The zero-order valence-electron chi connectivity index (χ0n) is 10.5. The average molecular weight is 247 g/mol. The lowest BCUT2D eigenvalue weighted by atomic mass is 9.84. The summed E-state index contributed by atoms with van der Waals surface area (Å²) in [7, 11) is 0. The van der Waals surface area contributed by atoms with Crippen LogP contribution in [0.15, 0.2) is 24.5 Å². The second-order valence-corrected chi connectivity index (χ2v) is 4.95. The molecular weight excluding hydrogens is 230 g/mol. The summed E-state index contributed by atoms with van der Waals surface area (Å²) in [6.45, 7) is 4.09. The van der Waals surface area contributed by atoms with Gasteiger partial charge >= 0.3 is 0 Å². The summed E-state index contributed by atoms with van der Waals surface area (Å²) in [5, 5.41) is 11.4. The molecule has 1 amide bonds. The molecule has 0 fully saturated rings. The number of carbonyl (C=O) groups is 1. The predicted octanol–water partition coefficient (Wildman–Crippen LogP) is 0.949. The molecule has 5 nitrogen and oxygen atoms in total. The standard InChI is InChI=1S/C13H17N3O2/c1-13(2,7-14-12(18)6-17)9-3-4-10-11(5-9)16-8-15-10/h3-5,8,17H,6-7H2,1-2H3,(H,14,18)(H,15,16). The largest absolute Gasteiger partial charge is 0.387 e. The van der Waals surface area contributed by atoms with Crippen molar-refractivity contribution in [2.75, 3.05) is 13.2 Å². The van der Waals surface area contributed by atoms with Crippen LogP contribution in [0.1, 0.15) is 19.4 Å². The lowest BCUT2D eigenvalue weighted by molar-refractivity contribution is -0.124. The maximum Gasteiger partial charge on any atom is 0.245 e. The van der Waals surface area contributed by atoms with E-state index in [1.54, 1.807) is 6.33 Å². The fraction of sp³-hybridized carbons (Fsp3) is 0.385. The molecule has 2 rings (SSSR count). The number of hydrogen-bond acceptors (Lipinski definition) is 3. The molecule has 0 saturated heterocycles. The van der Waals surface area contributed by atoms with Gasteiger partial charge in [0, 0.05) is 12.0 Å². The van der Waals surface area contributed by atoms with Crippen LogP contribution in [-0.2, 0) is 10.2 Å². The van der Waals surface area contributed by atoms with Crippen LogP contribution in [0.3, 0.4) is 0 Å². The molecule has 0 unspecified atom stereocenters. The molecule has 0 radical (unpaired) electrons. The van der Waals surface area contributed by atoms with Crippen LogP contribution in [-0.4, -0.2) is 34.1 Å². The van der Waals surface area contributed by atoms with E-state index in [2.05, 4.69) is 15.3 Å². The van der Waals surface area contributed by atoms with Crippen molar-refractivity contribution in [2.45, 2.75) is 19.3 Å². The second-order valence-electron chi connectivity index (χ2n) is 4.95. The Morgan fingerprint density at radius 2 is 2.28 bits per heavy atom. The van der Waals surface area contributed by atoms with E-state index in [-0.39, 0.29) is 11.3 Å². The molecular formula is C13H17N3O2. The molecule has 3 N–H and O–H groups in total. The van der Waals surface area contributed by atoms with Crippen LogP contribution in [0.5, 0.6) is 0 Å². The first-order chi connectivity index (χ1) is 8.53. The average Bonchev–Trinajstić information content (AvgIpc) is 2.83. The van der Waals surface area contributed by atoms with Crippen molar-refractivity contribution in [3.63, 3.8) is 0 Å². The minimum atomic E-state index is -0.477. The summed E-state index contributed by atoms with van der Waals surface area (Å²) >= 11 is 0. The van der Waals surface area contributed by atoms with Gasteiger partial charge in [-0.25, -0.2) is 4.98 Å². The van der Waals surface area contributed by atoms with Crippen molar-refractivity contribution in [3.05, 3.63) is 30.1 Å². The fourth-order valence-electron chi connectivity index (χ4n) is 1.83. The first-order valence-electron chi connectivity index (χ1n) is 5.84. The van der Waals surface area contributed by atoms with E-state index in [1.165, 1.54) is 0 Å². The summed E-state index contributed by atoms with van der Waals surface area (Å²) in [6.07, 6.45) is 1.66. The van der Waals surface area contributed by atoms with Gasteiger partial charge in [0.1, 0.15) is 6.61 Å². The Morgan fingerprint density at radius 3 is 3.00 bits per heavy atom. The third kappa shape index (κ3) is 2.51. The van der Waals surface area contributed by atoms with Crippen LogP contribution in [0.25, 0.3) is 11.0 Å². The second kappa shape index (κ2) is 4.78. The maximum absolute atomic E-state index is 11.1. The number of imidazole rings is 1. The predicted molar refractivity (Wildman–Crippen MR) is 69.2 cm³/mol. The van der Waals surface area contributed by atoms with E-state index < -0.39 is 6.61 Å². The van der Waals surface area contributed by atoms with Crippen molar-refractivity contribution >= 4 is 16.9 Å². The van der Waals surface area contributed by atoms with Gasteiger partial charge in [0.15, 0.2) is 0 Å². The lowest BCUT2D eigenvalue weighted by Gasteiger charge is -2.25.